The number of hydrogen-bond donors (Lipinski definition) is 0. The minimum absolute atomic E-state index is 0.994. The first-order valence-electron chi connectivity index (χ1n) is 4.18. The highest BCUT2D eigenvalue weighted by atomic mass is 79.9. The van der Waals surface area contributed by atoms with Crippen molar-refractivity contribution in [2.24, 2.45) is 0 Å². The predicted molar refractivity (Wildman–Crippen MR) is 59.8 cm³/mol. The van der Waals surface area contributed by atoms with Crippen molar-refractivity contribution in [3.05, 3.63) is 12.2 Å². The molecule has 66 valence electrons. The van der Waals surface area contributed by atoms with Gasteiger partial charge in [-0.15, -0.1) is 0 Å². The van der Waals surface area contributed by atoms with E-state index >= 15 is 0 Å². The lowest BCUT2D eigenvalue weighted by atomic mass is 10.1. The Morgan fingerprint density at radius 2 is 1.55 bits per heavy atom. The SMILES string of the molecule is BrCC=CCCCCCCBr. The maximum atomic E-state index is 3.42. The Hall–Kier alpha value is 0.700. The summed E-state index contributed by atoms with van der Waals surface area (Å²) in [6.07, 6.45) is 11.1. The van der Waals surface area contributed by atoms with Crippen molar-refractivity contribution in [1.82, 2.24) is 0 Å². The van der Waals surface area contributed by atoms with Gasteiger partial charge in [-0.3, -0.25) is 0 Å². The number of halogens is 2. The molecule has 0 N–H and O–H groups in total. The van der Waals surface area contributed by atoms with Crippen LogP contribution in [0.4, 0.5) is 0 Å². The Kier molecular flexibility index (Phi) is 11.4. The minimum atomic E-state index is 0.994. The largest absolute Gasteiger partial charge is 0.0928 e. The van der Waals surface area contributed by atoms with Crippen molar-refractivity contribution in [1.29, 1.82) is 0 Å². The first-order chi connectivity index (χ1) is 5.41. The van der Waals surface area contributed by atoms with E-state index in [1.165, 1.54) is 32.1 Å². The monoisotopic (exact) mass is 282 g/mol. The fourth-order valence-corrected chi connectivity index (χ4v) is 1.55. The van der Waals surface area contributed by atoms with Crippen LogP contribution in [0.25, 0.3) is 0 Å². The Balaban J connectivity index is 2.85. The minimum Gasteiger partial charge on any atom is -0.0928 e. The van der Waals surface area contributed by atoms with E-state index in [0.717, 1.165) is 10.7 Å². The summed E-state index contributed by atoms with van der Waals surface area (Å²) in [6, 6.07) is 0. The second-order valence-electron chi connectivity index (χ2n) is 2.52. The van der Waals surface area contributed by atoms with E-state index in [-0.39, 0.29) is 0 Å². The van der Waals surface area contributed by atoms with Crippen molar-refractivity contribution in [2.45, 2.75) is 32.1 Å². The summed E-state index contributed by atoms with van der Waals surface area (Å²) in [5.74, 6) is 0. The van der Waals surface area contributed by atoms with Crippen LogP contribution >= 0.6 is 31.9 Å². The molecule has 0 heterocycles. The molecule has 0 rings (SSSR count). The molecule has 0 aromatic rings. The maximum Gasteiger partial charge on any atom is 0.0212 e. The average Bonchev–Trinajstić information content (AvgIpc) is 2.03. The molecule has 0 unspecified atom stereocenters. The van der Waals surface area contributed by atoms with Crippen molar-refractivity contribution in [3.63, 3.8) is 0 Å². The standard InChI is InChI=1S/C9H16Br2/c10-8-6-4-2-1-3-5-7-9-11/h4,6H,1-3,5,7-9H2. The summed E-state index contributed by atoms with van der Waals surface area (Å²) < 4.78 is 0. The van der Waals surface area contributed by atoms with Gasteiger partial charge < -0.3 is 0 Å². The zero-order valence-corrected chi connectivity index (χ0v) is 10.0. The van der Waals surface area contributed by atoms with Crippen molar-refractivity contribution in [3.8, 4) is 0 Å². The molecule has 0 bridgehead atoms. The molecular formula is C9H16Br2. The first-order valence-corrected chi connectivity index (χ1v) is 6.43. The molecule has 0 aromatic heterocycles. The zero-order valence-electron chi connectivity index (χ0n) is 6.86. The fraction of sp³-hybridized carbons (Fsp3) is 0.778. The number of unbranched alkanes of at least 4 members (excludes halogenated alkanes) is 4. The van der Waals surface area contributed by atoms with Crippen LogP contribution < -0.4 is 0 Å². The molecule has 0 nitrogen and oxygen atoms in total. The molecule has 0 saturated heterocycles. The van der Waals surface area contributed by atoms with Crippen LogP contribution in [0.5, 0.6) is 0 Å². The molecule has 0 aliphatic heterocycles. The third-order valence-corrected chi connectivity index (χ3v) is 2.44. The highest BCUT2D eigenvalue weighted by Gasteiger charge is 1.85. The van der Waals surface area contributed by atoms with Crippen LogP contribution in [0, 0.1) is 0 Å². The number of hydrogen-bond acceptors (Lipinski definition) is 0. The normalized spacial score (nSPS) is 11.1. The Morgan fingerprint density at radius 3 is 2.18 bits per heavy atom. The molecule has 0 spiro atoms. The first kappa shape index (κ1) is 11.7. The second kappa shape index (κ2) is 10.7. The van der Waals surface area contributed by atoms with Crippen molar-refractivity contribution in [2.75, 3.05) is 10.7 Å². The molecule has 0 aliphatic rings. The van der Waals surface area contributed by atoms with Gasteiger partial charge in [0.1, 0.15) is 0 Å². The lowest BCUT2D eigenvalue weighted by Gasteiger charge is -1.94. The van der Waals surface area contributed by atoms with Crippen LogP contribution in [0.1, 0.15) is 32.1 Å². The van der Waals surface area contributed by atoms with Gasteiger partial charge in [0, 0.05) is 10.7 Å². The molecule has 0 amide bonds. The second-order valence-corrected chi connectivity index (χ2v) is 3.96. The Labute approximate surface area is 86.7 Å². The van der Waals surface area contributed by atoms with Crippen LogP contribution in [-0.4, -0.2) is 10.7 Å². The van der Waals surface area contributed by atoms with Gasteiger partial charge in [-0.25, -0.2) is 0 Å². The van der Waals surface area contributed by atoms with Gasteiger partial charge in [0.05, 0.1) is 0 Å². The summed E-state index contributed by atoms with van der Waals surface area (Å²) in [6.45, 7) is 0. The van der Waals surface area contributed by atoms with E-state index in [4.69, 9.17) is 0 Å². The summed E-state index contributed by atoms with van der Waals surface area (Å²) in [4.78, 5) is 0. The number of allylic oxidation sites excluding steroid dienone is 2. The van der Waals surface area contributed by atoms with Crippen molar-refractivity contribution < 1.29 is 0 Å². The van der Waals surface area contributed by atoms with E-state index < -0.39 is 0 Å². The van der Waals surface area contributed by atoms with Gasteiger partial charge in [-0.1, -0.05) is 56.9 Å². The maximum absolute atomic E-state index is 3.42. The highest BCUT2D eigenvalue weighted by Crippen LogP contribution is 2.04. The molecule has 0 atom stereocenters. The van der Waals surface area contributed by atoms with Crippen LogP contribution in [0.2, 0.25) is 0 Å². The molecule has 0 aliphatic carbocycles. The lowest BCUT2D eigenvalue weighted by molar-refractivity contribution is 0.679. The summed E-state index contributed by atoms with van der Waals surface area (Å²) in [5, 5.41) is 2.15. The van der Waals surface area contributed by atoms with E-state index in [0.29, 0.717) is 0 Å². The van der Waals surface area contributed by atoms with Gasteiger partial charge >= 0.3 is 0 Å². The van der Waals surface area contributed by atoms with E-state index in [9.17, 15) is 0 Å². The molecule has 0 radical (unpaired) electrons. The zero-order chi connectivity index (χ0) is 8.36. The van der Waals surface area contributed by atoms with Crippen molar-refractivity contribution >= 4 is 31.9 Å². The van der Waals surface area contributed by atoms with Gasteiger partial charge in [0.15, 0.2) is 0 Å². The van der Waals surface area contributed by atoms with Gasteiger partial charge in [0.2, 0.25) is 0 Å². The summed E-state index contributed by atoms with van der Waals surface area (Å²) in [7, 11) is 0. The van der Waals surface area contributed by atoms with Crippen LogP contribution in [-0.2, 0) is 0 Å². The molecule has 0 saturated carbocycles. The quantitative estimate of drug-likeness (QED) is 0.372. The Bertz CT molecular complexity index is 89.6. The van der Waals surface area contributed by atoms with Crippen LogP contribution in [0.3, 0.4) is 0 Å². The molecular weight excluding hydrogens is 268 g/mol. The fourth-order valence-electron chi connectivity index (χ4n) is 0.891. The smallest absolute Gasteiger partial charge is 0.0212 e. The van der Waals surface area contributed by atoms with Crippen LogP contribution in [0.15, 0.2) is 12.2 Å². The van der Waals surface area contributed by atoms with E-state index in [1.807, 2.05) is 0 Å². The van der Waals surface area contributed by atoms with Gasteiger partial charge in [-0.2, -0.15) is 0 Å². The van der Waals surface area contributed by atoms with E-state index in [2.05, 4.69) is 44.0 Å². The average molecular weight is 284 g/mol. The Morgan fingerprint density at radius 1 is 0.818 bits per heavy atom. The highest BCUT2D eigenvalue weighted by molar-refractivity contribution is 9.09. The molecule has 11 heavy (non-hydrogen) atoms. The predicted octanol–water partition coefficient (Wildman–Crippen LogP) is 4.28. The molecule has 0 fully saturated rings. The van der Waals surface area contributed by atoms with Gasteiger partial charge in [-0.05, 0) is 19.3 Å². The number of rotatable bonds is 7. The summed E-state index contributed by atoms with van der Waals surface area (Å²) >= 11 is 6.77. The van der Waals surface area contributed by atoms with E-state index in [1.54, 1.807) is 0 Å². The number of alkyl halides is 2. The third-order valence-electron chi connectivity index (χ3n) is 1.51. The van der Waals surface area contributed by atoms with Gasteiger partial charge in [0.25, 0.3) is 0 Å². The topological polar surface area (TPSA) is 0 Å². The summed E-state index contributed by atoms with van der Waals surface area (Å²) in [5.41, 5.74) is 0. The molecule has 0 aromatic carbocycles. The molecule has 2 heteroatoms. The third kappa shape index (κ3) is 10.7. The lowest BCUT2D eigenvalue weighted by Crippen LogP contribution is -1.77.